The van der Waals surface area contributed by atoms with Gasteiger partial charge in [0.15, 0.2) is 5.76 Å². The minimum atomic E-state index is -0.314. The van der Waals surface area contributed by atoms with Gasteiger partial charge in [-0.3, -0.25) is 4.79 Å². The molecule has 0 saturated carbocycles. The highest BCUT2D eigenvalue weighted by molar-refractivity contribution is 6.02. The van der Waals surface area contributed by atoms with Gasteiger partial charge >= 0.3 is 0 Å². The van der Waals surface area contributed by atoms with Gasteiger partial charge in [0.1, 0.15) is 11.6 Å². The molecule has 3 aromatic rings. The summed E-state index contributed by atoms with van der Waals surface area (Å²) in [6, 6.07) is 17.1. The number of nitrogens with zero attached hydrogens (tertiary/aromatic N) is 1. The Bertz CT molecular complexity index is 932. The van der Waals surface area contributed by atoms with E-state index in [1.807, 2.05) is 24.3 Å². The molecule has 1 aromatic heterocycles. The molecule has 138 valence electrons. The zero-order valence-corrected chi connectivity index (χ0v) is 15.1. The molecule has 0 aliphatic carbocycles. The lowest BCUT2D eigenvalue weighted by atomic mass is 10.2. The summed E-state index contributed by atoms with van der Waals surface area (Å²) in [4.78, 5) is 14.8. The molecular formula is C22H21FN2O2. The van der Waals surface area contributed by atoms with Gasteiger partial charge in [0, 0.05) is 30.0 Å². The Morgan fingerprint density at radius 3 is 2.48 bits per heavy atom. The first-order chi connectivity index (χ1) is 13.1. The predicted octanol–water partition coefficient (Wildman–Crippen LogP) is 5.18. The Balaban J connectivity index is 1.42. The van der Waals surface area contributed by atoms with E-state index < -0.39 is 0 Å². The van der Waals surface area contributed by atoms with Crippen molar-refractivity contribution in [2.45, 2.75) is 13.3 Å². The molecule has 4 rings (SSSR count). The maximum Gasteiger partial charge on any atom is 0.291 e. The van der Waals surface area contributed by atoms with Crippen molar-refractivity contribution in [3.63, 3.8) is 0 Å². The summed E-state index contributed by atoms with van der Waals surface area (Å²) in [7, 11) is 0. The molecule has 5 heteroatoms. The van der Waals surface area contributed by atoms with Crippen LogP contribution in [0.25, 0.3) is 11.3 Å². The van der Waals surface area contributed by atoms with Crippen LogP contribution in [0, 0.1) is 11.7 Å². The number of hydrogen-bond donors (Lipinski definition) is 1. The molecule has 1 unspecified atom stereocenters. The predicted molar refractivity (Wildman–Crippen MR) is 104 cm³/mol. The van der Waals surface area contributed by atoms with E-state index in [2.05, 4.69) is 17.1 Å². The highest BCUT2D eigenvalue weighted by atomic mass is 19.1. The van der Waals surface area contributed by atoms with Crippen LogP contribution in [0.4, 0.5) is 15.8 Å². The van der Waals surface area contributed by atoms with E-state index in [1.165, 1.54) is 24.2 Å². The summed E-state index contributed by atoms with van der Waals surface area (Å²) in [5, 5.41) is 2.85. The van der Waals surface area contributed by atoms with E-state index in [0.29, 0.717) is 5.76 Å². The molecule has 2 heterocycles. The van der Waals surface area contributed by atoms with E-state index in [0.717, 1.165) is 30.3 Å². The fraction of sp³-hybridized carbons (Fsp3) is 0.227. The zero-order valence-electron chi connectivity index (χ0n) is 15.1. The van der Waals surface area contributed by atoms with Crippen molar-refractivity contribution >= 4 is 17.3 Å². The summed E-state index contributed by atoms with van der Waals surface area (Å²) < 4.78 is 18.6. The van der Waals surface area contributed by atoms with Gasteiger partial charge in [-0.2, -0.15) is 0 Å². The van der Waals surface area contributed by atoms with Crippen LogP contribution in [0.5, 0.6) is 0 Å². The maximum absolute atomic E-state index is 13.0. The monoisotopic (exact) mass is 364 g/mol. The normalized spacial score (nSPS) is 16.5. The first-order valence-electron chi connectivity index (χ1n) is 9.10. The second kappa shape index (κ2) is 7.27. The van der Waals surface area contributed by atoms with E-state index in [9.17, 15) is 9.18 Å². The molecule has 1 N–H and O–H groups in total. The van der Waals surface area contributed by atoms with Gasteiger partial charge in [-0.05, 0) is 73.0 Å². The average Bonchev–Trinajstić information content (AvgIpc) is 3.32. The lowest BCUT2D eigenvalue weighted by Crippen LogP contribution is -2.19. The maximum atomic E-state index is 13.0. The third-order valence-electron chi connectivity index (χ3n) is 4.87. The van der Waals surface area contributed by atoms with Crippen molar-refractivity contribution in [1.82, 2.24) is 0 Å². The van der Waals surface area contributed by atoms with Gasteiger partial charge in [-0.1, -0.05) is 6.92 Å². The summed E-state index contributed by atoms with van der Waals surface area (Å²) in [5.74, 6) is 0.838. The van der Waals surface area contributed by atoms with Crippen molar-refractivity contribution in [2.75, 3.05) is 23.3 Å². The van der Waals surface area contributed by atoms with Crippen molar-refractivity contribution in [2.24, 2.45) is 5.92 Å². The van der Waals surface area contributed by atoms with Crippen LogP contribution in [0.2, 0.25) is 0 Å². The smallest absolute Gasteiger partial charge is 0.291 e. The molecule has 2 aromatic carbocycles. The van der Waals surface area contributed by atoms with E-state index in [-0.39, 0.29) is 17.5 Å². The molecule has 4 nitrogen and oxygen atoms in total. The van der Waals surface area contributed by atoms with E-state index in [4.69, 9.17) is 4.42 Å². The van der Waals surface area contributed by atoms with E-state index >= 15 is 0 Å². The quantitative estimate of drug-likeness (QED) is 0.693. The largest absolute Gasteiger partial charge is 0.451 e. The minimum absolute atomic E-state index is 0.215. The topological polar surface area (TPSA) is 45.5 Å². The van der Waals surface area contributed by atoms with Crippen LogP contribution in [0.15, 0.2) is 65.1 Å². The summed E-state index contributed by atoms with van der Waals surface area (Å²) in [6.45, 7) is 4.41. The van der Waals surface area contributed by atoms with Crippen LogP contribution in [-0.4, -0.2) is 19.0 Å². The van der Waals surface area contributed by atoms with Crippen LogP contribution in [0.1, 0.15) is 23.9 Å². The first kappa shape index (κ1) is 17.3. The van der Waals surface area contributed by atoms with Crippen LogP contribution in [0.3, 0.4) is 0 Å². The molecule has 1 atom stereocenters. The molecule has 0 bridgehead atoms. The zero-order chi connectivity index (χ0) is 18.8. The highest BCUT2D eigenvalue weighted by Gasteiger charge is 2.19. The number of halogens is 1. The number of benzene rings is 2. The molecule has 0 radical (unpaired) electrons. The minimum Gasteiger partial charge on any atom is -0.451 e. The van der Waals surface area contributed by atoms with Crippen LogP contribution in [-0.2, 0) is 0 Å². The standard InChI is InChI=1S/C22H21FN2O2/c1-15-12-13-25(14-15)19-8-6-18(7-9-19)24-22(26)21-11-10-20(27-21)16-2-4-17(23)5-3-16/h2-11,15H,12-14H2,1H3,(H,24,26). The molecule has 1 saturated heterocycles. The van der Waals surface area contributed by atoms with Gasteiger partial charge in [0.25, 0.3) is 5.91 Å². The Labute approximate surface area is 157 Å². The Hall–Kier alpha value is -3.08. The van der Waals surface area contributed by atoms with Gasteiger partial charge in [-0.25, -0.2) is 4.39 Å². The number of hydrogen-bond acceptors (Lipinski definition) is 3. The Morgan fingerprint density at radius 2 is 1.81 bits per heavy atom. The van der Waals surface area contributed by atoms with Crippen LogP contribution < -0.4 is 10.2 Å². The number of rotatable bonds is 4. The fourth-order valence-electron chi connectivity index (χ4n) is 3.35. The number of carbonyl (C=O) groups excluding carboxylic acids is 1. The second-order valence-corrected chi connectivity index (χ2v) is 7.01. The number of nitrogens with one attached hydrogen (secondary N) is 1. The van der Waals surface area contributed by atoms with Gasteiger partial charge in [0.2, 0.25) is 0 Å². The first-order valence-corrected chi connectivity index (χ1v) is 9.10. The van der Waals surface area contributed by atoms with Crippen molar-refractivity contribution in [3.05, 3.63) is 72.2 Å². The SMILES string of the molecule is CC1CCN(c2ccc(NC(=O)c3ccc(-c4ccc(F)cc4)o3)cc2)C1. The van der Waals surface area contributed by atoms with Gasteiger partial charge in [-0.15, -0.1) is 0 Å². The fourth-order valence-corrected chi connectivity index (χ4v) is 3.35. The van der Waals surface area contributed by atoms with Gasteiger partial charge in [0.05, 0.1) is 0 Å². The third kappa shape index (κ3) is 3.87. The molecular weight excluding hydrogens is 343 g/mol. The molecule has 1 fully saturated rings. The molecule has 0 spiro atoms. The van der Waals surface area contributed by atoms with Crippen LogP contribution >= 0.6 is 0 Å². The summed E-state index contributed by atoms with van der Waals surface area (Å²) >= 11 is 0. The molecule has 27 heavy (non-hydrogen) atoms. The molecule has 1 aliphatic rings. The lowest BCUT2D eigenvalue weighted by molar-refractivity contribution is 0.0997. The van der Waals surface area contributed by atoms with Crippen molar-refractivity contribution in [3.8, 4) is 11.3 Å². The summed E-state index contributed by atoms with van der Waals surface area (Å²) in [6.07, 6.45) is 1.22. The van der Waals surface area contributed by atoms with E-state index in [1.54, 1.807) is 24.3 Å². The second-order valence-electron chi connectivity index (χ2n) is 7.01. The van der Waals surface area contributed by atoms with Gasteiger partial charge < -0.3 is 14.6 Å². The summed E-state index contributed by atoms with van der Waals surface area (Å²) in [5.41, 5.74) is 2.62. The number of furan rings is 1. The Morgan fingerprint density at radius 1 is 1.07 bits per heavy atom. The Kier molecular flexibility index (Phi) is 4.67. The van der Waals surface area contributed by atoms with Crippen molar-refractivity contribution < 1.29 is 13.6 Å². The number of anilines is 2. The lowest BCUT2D eigenvalue weighted by Gasteiger charge is -2.18. The number of amides is 1. The average molecular weight is 364 g/mol. The van der Waals surface area contributed by atoms with Crippen molar-refractivity contribution in [1.29, 1.82) is 0 Å². The number of carbonyl (C=O) groups is 1. The molecule has 1 aliphatic heterocycles. The highest BCUT2D eigenvalue weighted by Crippen LogP contribution is 2.26. The third-order valence-corrected chi connectivity index (χ3v) is 4.87. The molecule has 1 amide bonds.